The van der Waals surface area contributed by atoms with Gasteiger partial charge < -0.3 is 10.2 Å². The summed E-state index contributed by atoms with van der Waals surface area (Å²) in [4.78, 5) is 10.3. The molecule has 58 valence electrons. The molecule has 0 fully saturated rings. The fraction of sp³-hybridized carbons (Fsp3) is 0.571. The molecule has 0 heterocycles. The summed E-state index contributed by atoms with van der Waals surface area (Å²) in [5.74, 6) is -0.893. The van der Waals surface area contributed by atoms with Gasteiger partial charge in [-0.1, -0.05) is 6.08 Å². The minimum atomic E-state index is -0.893. The number of aliphatic carboxylic acids is 1. The van der Waals surface area contributed by atoms with Crippen molar-refractivity contribution in [2.24, 2.45) is 0 Å². The summed E-state index contributed by atoms with van der Waals surface area (Å²) in [6.45, 7) is 1.73. The first kappa shape index (κ1) is 9.17. The number of aliphatic hydroxyl groups is 1. The van der Waals surface area contributed by atoms with Crippen LogP contribution in [0.4, 0.5) is 0 Å². The molecule has 0 saturated carbocycles. The van der Waals surface area contributed by atoms with E-state index in [9.17, 15) is 4.79 Å². The molecule has 0 rings (SSSR count). The second-order valence-corrected chi connectivity index (χ2v) is 1.95. The van der Waals surface area contributed by atoms with Crippen LogP contribution in [0.15, 0.2) is 11.6 Å². The van der Waals surface area contributed by atoms with Crippen molar-refractivity contribution in [2.75, 3.05) is 6.61 Å². The number of carboxylic acids is 1. The summed E-state index contributed by atoms with van der Waals surface area (Å²) in [5, 5.41) is 16.8. The molecule has 0 spiro atoms. The molecule has 0 aliphatic carbocycles. The first-order valence-corrected chi connectivity index (χ1v) is 3.21. The molecule has 0 aromatic rings. The average Bonchev–Trinajstić information content (AvgIpc) is 1.89. The maximum Gasteiger partial charge on any atom is 0.331 e. The van der Waals surface area contributed by atoms with E-state index in [0.717, 1.165) is 0 Å². The van der Waals surface area contributed by atoms with Crippen molar-refractivity contribution in [1.82, 2.24) is 0 Å². The summed E-state index contributed by atoms with van der Waals surface area (Å²) in [6, 6.07) is 0. The largest absolute Gasteiger partial charge is 0.478 e. The lowest BCUT2D eigenvalue weighted by molar-refractivity contribution is -0.132. The highest BCUT2D eigenvalue weighted by Gasteiger charge is 2.03. The normalized spacial score (nSPS) is 11.6. The van der Waals surface area contributed by atoms with Crippen LogP contribution in [0.25, 0.3) is 0 Å². The predicted molar refractivity (Wildman–Crippen MR) is 37.7 cm³/mol. The Kier molecular flexibility index (Phi) is 4.58. The number of carbonyl (C=O) groups is 1. The zero-order valence-electron chi connectivity index (χ0n) is 6.00. The molecule has 0 saturated heterocycles. The van der Waals surface area contributed by atoms with E-state index in [0.29, 0.717) is 18.4 Å². The molecular weight excluding hydrogens is 132 g/mol. The summed E-state index contributed by atoms with van der Waals surface area (Å²) in [7, 11) is 0. The van der Waals surface area contributed by atoms with E-state index >= 15 is 0 Å². The highest BCUT2D eigenvalue weighted by Crippen LogP contribution is 2.03. The molecule has 10 heavy (non-hydrogen) atoms. The summed E-state index contributed by atoms with van der Waals surface area (Å²) >= 11 is 0. The van der Waals surface area contributed by atoms with E-state index in [2.05, 4.69) is 0 Å². The van der Waals surface area contributed by atoms with Crippen molar-refractivity contribution in [3.63, 3.8) is 0 Å². The lowest BCUT2D eigenvalue weighted by Gasteiger charge is -1.97. The van der Waals surface area contributed by atoms with Crippen LogP contribution in [0.1, 0.15) is 19.8 Å². The number of rotatable bonds is 4. The fourth-order valence-corrected chi connectivity index (χ4v) is 0.644. The van der Waals surface area contributed by atoms with Crippen LogP contribution in [-0.2, 0) is 4.79 Å². The molecule has 0 amide bonds. The number of hydrogen-bond donors (Lipinski definition) is 2. The van der Waals surface area contributed by atoms with Crippen molar-refractivity contribution >= 4 is 5.97 Å². The second-order valence-electron chi connectivity index (χ2n) is 1.95. The molecular formula is C7H12O3. The molecule has 0 aliphatic heterocycles. The Bertz CT molecular complexity index is 138. The van der Waals surface area contributed by atoms with Crippen molar-refractivity contribution in [3.8, 4) is 0 Å². The Morgan fingerprint density at radius 1 is 1.60 bits per heavy atom. The number of hydrogen-bond acceptors (Lipinski definition) is 2. The topological polar surface area (TPSA) is 57.5 Å². The zero-order valence-corrected chi connectivity index (χ0v) is 6.00. The molecule has 0 aromatic carbocycles. The monoisotopic (exact) mass is 144 g/mol. The van der Waals surface area contributed by atoms with E-state index in [4.69, 9.17) is 10.2 Å². The van der Waals surface area contributed by atoms with E-state index in [1.54, 1.807) is 13.0 Å². The van der Waals surface area contributed by atoms with Crippen molar-refractivity contribution in [2.45, 2.75) is 19.8 Å². The van der Waals surface area contributed by atoms with Crippen LogP contribution in [0, 0.1) is 0 Å². The number of carboxylic acid groups (broad SMARTS) is 1. The maximum absolute atomic E-state index is 10.3. The van der Waals surface area contributed by atoms with Gasteiger partial charge in [-0.15, -0.1) is 0 Å². The lowest BCUT2D eigenvalue weighted by Crippen LogP contribution is -2.00. The van der Waals surface area contributed by atoms with Gasteiger partial charge in [0.2, 0.25) is 0 Å². The Labute approximate surface area is 60.0 Å². The van der Waals surface area contributed by atoms with Crippen LogP contribution in [0.3, 0.4) is 0 Å². The van der Waals surface area contributed by atoms with Crippen molar-refractivity contribution in [3.05, 3.63) is 11.6 Å². The molecule has 0 atom stereocenters. The Morgan fingerprint density at radius 3 is 2.50 bits per heavy atom. The second kappa shape index (κ2) is 4.99. The maximum atomic E-state index is 10.3. The van der Waals surface area contributed by atoms with E-state index in [-0.39, 0.29) is 6.61 Å². The van der Waals surface area contributed by atoms with Gasteiger partial charge in [0.15, 0.2) is 0 Å². The lowest BCUT2D eigenvalue weighted by atomic mass is 10.1. The van der Waals surface area contributed by atoms with Gasteiger partial charge >= 0.3 is 5.97 Å². The summed E-state index contributed by atoms with van der Waals surface area (Å²) in [6.07, 6.45) is 2.52. The van der Waals surface area contributed by atoms with Gasteiger partial charge in [0.25, 0.3) is 0 Å². The third kappa shape index (κ3) is 3.25. The van der Waals surface area contributed by atoms with Crippen molar-refractivity contribution < 1.29 is 15.0 Å². The van der Waals surface area contributed by atoms with E-state index in [1.807, 2.05) is 0 Å². The molecule has 3 heteroatoms. The van der Waals surface area contributed by atoms with E-state index < -0.39 is 5.97 Å². The van der Waals surface area contributed by atoms with Crippen LogP contribution in [-0.4, -0.2) is 22.8 Å². The molecule has 3 nitrogen and oxygen atoms in total. The van der Waals surface area contributed by atoms with Gasteiger partial charge in [0, 0.05) is 12.2 Å². The SMILES string of the molecule is CC=C(CCCO)C(=O)O. The minimum absolute atomic E-state index is 0.0463. The van der Waals surface area contributed by atoms with Crippen LogP contribution >= 0.6 is 0 Å². The van der Waals surface area contributed by atoms with Gasteiger partial charge in [-0.2, -0.15) is 0 Å². The highest BCUT2D eigenvalue weighted by atomic mass is 16.4. The van der Waals surface area contributed by atoms with Gasteiger partial charge in [-0.25, -0.2) is 4.79 Å². The van der Waals surface area contributed by atoms with Gasteiger partial charge in [0.05, 0.1) is 0 Å². The molecule has 0 aliphatic rings. The first-order valence-electron chi connectivity index (χ1n) is 3.21. The smallest absolute Gasteiger partial charge is 0.331 e. The Balaban J connectivity index is 3.74. The first-order chi connectivity index (χ1) is 4.72. The number of aliphatic hydroxyl groups excluding tert-OH is 1. The van der Waals surface area contributed by atoms with Crippen molar-refractivity contribution in [1.29, 1.82) is 0 Å². The van der Waals surface area contributed by atoms with Gasteiger partial charge in [-0.05, 0) is 19.8 Å². The molecule has 0 radical (unpaired) electrons. The molecule has 0 bridgehead atoms. The fourth-order valence-electron chi connectivity index (χ4n) is 0.644. The summed E-state index contributed by atoms with van der Waals surface area (Å²) in [5.41, 5.74) is 0.369. The predicted octanol–water partition coefficient (Wildman–Crippen LogP) is 0.790. The average molecular weight is 144 g/mol. The quantitative estimate of drug-likeness (QED) is 0.573. The van der Waals surface area contributed by atoms with Crippen LogP contribution in [0.2, 0.25) is 0 Å². The van der Waals surface area contributed by atoms with Gasteiger partial charge in [-0.3, -0.25) is 0 Å². The molecule has 0 aromatic heterocycles. The molecule has 2 N–H and O–H groups in total. The Hall–Kier alpha value is -0.830. The number of allylic oxidation sites excluding steroid dienone is 1. The van der Waals surface area contributed by atoms with Gasteiger partial charge in [0.1, 0.15) is 0 Å². The zero-order chi connectivity index (χ0) is 7.98. The standard InChI is InChI=1S/C7H12O3/c1-2-6(7(9)10)4-3-5-8/h2,8H,3-5H2,1H3,(H,9,10). The molecule has 0 unspecified atom stereocenters. The summed E-state index contributed by atoms with van der Waals surface area (Å²) < 4.78 is 0. The minimum Gasteiger partial charge on any atom is -0.478 e. The highest BCUT2D eigenvalue weighted by molar-refractivity contribution is 5.86. The van der Waals surface area contributed by atoms with Crippen LogP contribution < -0.4 is 0 Å². The Morgan fingerprint density at radius 2 is 2.20 bits per heavy atom. The third-order valence-corrected chi connectivity index (χ3v) is 1.23. The van der Waals surface area contributed by atoms with E-state index in [1.165, 1.54) is 0 Å². The third-order valence-electron chi connectivity index (χ3n) is 1.23. The van der Waals surface area contributed by atoms with Crippen LogP contribution in [0.5, 0.6) is 0 Å².